The fourth-order valence-electron chi connectivity index (χ4n) is 2.63. The van der Waals surface area contributed by atoms with Crippen LogP contribution in [0.15, 0.2) is 24.3 Å². The molecule has 1 aliphatic heterocycles. The monoisotopic (exact) mass is 366 g/mol. The quantitative estimate of drug-likeness (QED) is 0.435. The van der Waals surface area contributed by atoms with Gasteiger partial charge in [0.2, 0.25) is 0 Å². The molecule has 144 valence electrons. The lowest BCUT2D eigenvalue weighted by atomic mass is 10.1. The Morgan fingerprint density at radius 1 is 1.23 bits per heavy atom. The van der Waals surface area contributed by atoms with Gasteiger partial charge in [-0.2, -0.15) is 0 Å². The number of amides is 1. The normalized spacial score (nSPS) is 15.6. The molecular formula is C18H26N2O6. The van der Waals surface area contributed by atoms with E-state index in [0.717, 1.165) is 12.8 Å². The first-order valence-electron chi connectivity index (χ1n) is 8.72. The fraction of sp³-hybridized carbons (Fsp3) is 0.611. The molecule has 0 atom stereocenters. The molecule has 0 N–H and O–H groups in total. The Hall–Kier alpha value is -2.35. The SMILES string of the molecule is CC(C)(C)OC(=O)N1CCC(OCCOc2ccccc2[N+](=O)[O-])CC1. The van der Waals surface area contributed by atoms with E-state index in [1.165, 1.54) is 6.07 Å². The van der Waals surface area contributed by atoms with Gasteiger partial charge in [0.25, 0.3) is 0 Å². The Morgan fingerprint density at radius 2 is 1.88 bits per heavy atom. The van der Waals surface area contributed by atoms with Crippen LogP contribution in [-0.4, -0.2) is 53.9 Å². The van der Waals surface area contributed by atoms with Gasteiger partial charge >= 0.3 is 11.8 Å². The summed E-state index contributed by atoms with van der Waals surface area (Å²) in [7, 11) is 0. The van der Waals surface area contributed by atoms with E-state index < -0.39 is 10.5 Å². The third-order valence-corrected chi connectivity index (χ3v) is 3.85. The maximum Gasteiger partial charge on any atom is 0.410 e. The van der Waals surface area contributed by atoms with Crippen LogP contribution in [0.25, 0.3) is 0 Å². The van der Waals surface area contributed by atoms with Crippen LogP contribution in [0.4, 0.5) is 10.5 Å². The summed E-state index contributed by atoms with van der Waals surface area (Å²) in [5.41, 5.74) is -0.555. The standard InChI is InChI=1S/C18H26N2O6/c1-18(2,3)26-17(21)19-10-8-14(9-11-19)24-12-13-25-16-7-5-4-6-15(16)20(22)23/h4-7,14H,8-13H2,1-3H3. The van der Waals surface area contributed by atoms with Crippen LogP contribution in [0.2, 0.25) is 0 Å². The van der Waals surface area contributed by atoms with Gasteiger partial charge in [0, 0.05) is 19.2 Å². The summed E-state index contributed by atoms with van der Waals surface area (Å²) in [5, 5.41) is 10.9. The molecule has 0 spiro atoms. The van der Waals surface area contributed by atoms with Gasteiger partial charge in [-0.05, 0) is 39.7 Å². The topological polar surface area (TPSA) is 91.1 Å². The second-order valence-corrected chi connectivity index (χ2v) is 7.11. The first-order valence-corrected chi connectivity index (χ1v) is 8.72. The highest BCUT2D eigenvalue weighted by Gasteiger charge is 2.27. The second kappa shape index (κ2) is 8.84. The molecule has 1 aromatic rings. The second-order valence-electron chi connectivity index (χ2n) is 7.11. The van der Waals surface area contributed by atoms with Gasteiger partial charge in [-0.1, -0.05) is 12.1 Å². The lowest BCUT2D eigenvalue weighted by Crippen LogP contribution is -2.43. The van der Waals surface area contributed by atoms with Crippen LogP contribution in [0.3, 0.4) is 0 Å². The number of benzene rings is 1. The van der Waals surface area contributed by atoms with E-state index >= 15 is 0 Å². The first kappa shape index (κ1) is 20.0. The van der Waals surface area contributed by atoms with Gasteiger partial charge in [0.15, 0.2) is 5.75 Å². The number of piperidine rings is 1. The highest BCUT2D eigenvalue weighted by Crippen LogP contribution is 2.25. The summed E-state index contributed by atoms with van der Waals surface area (Å²) < 4.78 is 16.6. The Balaban J connectivity index is 1.68. The van der Waals surface area contributed by atoms with Crippen molar-refractivity contribution >= 4 is 11.8 Å². The number of nitro groups is 1. The first-order chi connectivity index (χ1) is 12.3. The minimum absolute atomic E-state index is 0.0445. The van der Waals surface area contributed by atoms with Crippen molar-refractivity contribution in [3.63, 3.8) is 0 Å². The van der Waals surface area contributed by atoms with Crippen molar-refractivity contribution in [3.05, 3.63) is 34.4 Å². The summed E-state index contributed by atoms with van der Waals surface area (Å²) in [5.74, 6) is 0.237. The highest BCUT2D eigenvalue weighted by molar-refractivity contribution is 5.68. The third-order valence-electron chi connectivity index (χ3n) is 3.85. The third kappa shape index (κ3) is 6.18. The predicted molar refractivity (Wildman–Crippen MR) is 95.4 cm³/mol. The number of para-hydroxylation sites is 2. The molecule has 8 heteroatoms. The van der Waals surface area contributed by atoms with E-state index in [0.29, 0.717) is 19.7 Å². The van der Waals surface area contributed by atoms with Crippen LogP contribution in [0, 0.1) is 10.1 Å². The Morgan fingerprint density at radius 3 is 2.50 bits per heavy atom. The molecule has 1 heterocycles. The van der Waals surface area contributed by atoms with Crippen molar-refractivity contribution in [1.82, 2.24) is 4.90 Å². The van der Waals surface area contributed by atoms with Crippen LogP contribution >= 0.6 is 0 Å². The van der Waals surface area contributed by atoms with E-state index in [9.17, 15) is 14.9 Å². The molecule has 1 fully saturated rings. The molecule has 0 bridgehead atoms. The van der Waals surface area contributed by atoms with Crippen LogP contribution in [0.1, 0.15) is 33.6 Å². The van der Waals surface area contributed by atoms with Gasteiger partial charge in [-0.3, -0.25) is 10.1 Å². The molecule has 1 saturated heterocycles. The van der Waals surface area contributed by atoms with Crippen molar-refractivity contribution in [2.75, 3.05) is 26.3 Å². The zero-order valence-corrected chi connectivity index (χ0v) is 15.5. The number of rotatable bonds is 6. The fourth-order valence-corrected chi connectivity index (χ4v) is 2.63. The zero-order chi connectivity index (χ0) is 19.2. The summed E-state index contributed by atoms with van der Waals surface area (Å²) in [6.45, 7) is 7.28. The molecule has 0 aromatic heterocycles. The van der Waals surface area contributed by atoms with Crippen molar-refractivity contribution in [1.29, 1.82) is 0 Å². The molecule has 1 aromatic carbocycles. The predicted octanol–water partition coefficient (Wildman–Crippen LogP) is 3.39. The average Bonchev–Trinajstić information content (AvgIpc) is 2.58. The van der Waals surface area contributed by atoms with Crippen LogP contribution in [0.5, 0.6) is 5.75 Å². The van der Waals surface area contributed by atoms with E-state index in [4.69, 9.17) is 14.2 Å². The lowest BCUT2D eigenvalue weighted by Gasteiger charge is -2.33. The number of nitro benzene ring substituents is 1. The van der Waals surface area contributed by atoms with Crippen molar-refractivity contribution < 1.29 is 23.9 Å². The van der Waals surface area contributed by atoms with Crippen molar-refractivity contribution in [2.24, 2.45) is 0 Å². The molecule has 0 aliphatic carbocycles. The Labute approximate surface area is 153 Å². The number of ether oxygens (including phenoxy) is 3. The van der Waals surface area contributed by atoms with Gasteiger partial charge < -0.3 is 19.1 Å². The molecule has 2 rings (SSSR count). The lowest BCUT2D eigenvalue weighted by molar-refractivity contribution is -0.385. The van der Waals surface area contributed by atoms with Crippen molar-refractivity contribution in [2.45, 2.75) is 45.3 Å². The van der Waals surface area contributed by atoms with E-state index in [1.807, 2.05) is 20.8 Å². The number of hydrogen-bond donors (Lipinski definition) is 0. The van der Waals surface area contributed by atoms with E-state index in [-0.39, 0.29) is 30.2 Å². The average molecular weight is 366 g/mol. The number of carbonyl (C=O) groups is 1. The summed E-state index contributed by atoms with van der Waals surface area (Å²) in [6.07, 6.45) is 1.20. The van der Waals surface area contributed by atoms with Crippen LogP contribution < -0.4 is 4.74 Å². The highest BCUT2D eigenvalue weighted by atomic mass is 16.6. The zero-order valence-electron chi connectivity index (χ0n) is 15.5. The number of likely N-dealkylation sites (tertiary alicyclic amines) is 1. The summed E-state index contributed by atoms with van der Waals surface area (Å²) >= 11 is 0. The largest absolute Gasteiger partial charge is 0.484 e. The van der Waals surface area contributed by atoms with E-state index in [2.05, 4.69) is 0 Å². The molecule has 26 heavy (non-hydrogen) atoms. The van der Waals surface area contributed by atoms with Gasteiger partial charge in [0.05, 0.1) is 17.6 Å². The molecule has 0 radical (unpaired) electrons. The minimum atomic E-state index is -0.498. The Bertz CT molecular complexity index is 620. The molecule has 0 unspecified atom stereocenters. The van der Waals surface area contributed by atoms with Gasteiger partial charge in [-0.25, -0.2) is 4.79 Å². The number of carbonyl (C=O) groups excluding carboxylic acids is 1. The summed E-state index contributed by atoms with van der Waals surface area (Å²) in [4.78, 5) is 24.2. The van der Waals surface area contributed by atoms with E-state index in [1.54, 1.807) is 23.1 Å². The van der Waals surface area contributed by atoms with Crippen LogP contribution in [-0.2, 0) is 9.47 Å². The molecular weight excluding hydrogens is 340 g/mol. The maximum absolute atomic E-state index is 12.0. The number of nitrogens with zero attached hydrogens (tertiary/aromatic N) is 2. The maximum atomic E-state index is 12.0. The van der Waals surface area contributed by atoms with Gasteiger partial charge in [-0.15, -0.1) is 0 Å². The van der Waals surface area contributed by atoms with Crippen molar-refractivity contribution in [3.8, 4) is 5.75 Å². The molecule has 0 saturated carbocycles. The Kier molecular flexibility index (Phi) is 6.79. The molecule has 1 aliphatic rings. The smallest absolute Gasteiger partial charge is 0.410 e. The molecule has 1 amide bonds. The van der Waals surface area contributed by atoms with Gasteiger partial charge in [0.1, 0.15) is 12.2 Å². The molecule has 8 nitrogen and oxygen atoms in total. The number of hydrogen-bond acceptors (Lipinski definition) is 6. The minimum Gasteiger partial charge on any atom is -0.484 e. The summed E-state index contributed by atoms with van der Waals surface area (Å²) in [6, 6.07) is 6.26.